The van der Waals surface area contributed by atoms with E-state index < -0.39 is 5.60 Å². The van der Waals surface area contributed by atoms with E-state index in [1.165, 1.54) is 0 Å². The Balaban J connectivity index is 1.68. The predicted octanol–water partition coefficient (Wildman–Crippen LogP) is 2.26. The summed E-state index contributed by atoms with van der Waals surface area (Å²) >= 11 is 0. The number of nitrogens with one attached hydrogen (secondary N) is 1. The molecule has 6 heteroatoms. The van der Waals surface area contributed by atoms with Crippen molar-refractivity contribution in [2.24, 2.45) is 5.92 Å². The molecule has 6 nitrogen and oxygen atoms in total. The van der Waals surface area contributed by atoms with E-state index in [-0.39, 0.29) is 17.9 Å². The Morgan fingerprint density at radius 1 is 1.48 bits per heavy atom. The van der Waals surface area contributed by atoms with Crippen LogP contribution in [-0.2, 0) is 4.74 Å². The zero-order valence-corrected chi connectivity index (χ0v) is 14.8. The summed E-state index contributed by atoms with van der Waals surface area (Å²) in [6, 6.07) is 3.96. The van der Waals surface area contributed by atoms with Crippen LogP contribution in [0.2, 0.25) is 0 Å². The van der Waals surface area contributed by atoms with E-state index >= 15 is 0 Å². The molecule has 0 radical (unpaired) electrons. The van der Waals surface area contributed by atoms with Crippen LogP contribution in [0.25, 0.3) is 10.9 Å². The quantitative estimate of drug-likeness (QED) is 0.877. The lowest BCUT2D eigenvalue weighted by Gasteiger charge is -2.43. The van der Waals surface area contributed by atoms with E-state index in [4.69, 9.17) is 4.74 Å². The number of fused-ring (bicyclic) bond motifs is 1. The molecule has 0 aliphatic carbocycles. The summed E-state index contributed by atoms with van der Waals surface area (Å²) in [5.74, 6) is -0.0309. The van der Waals surface area contributed by atoms with Gasteiger partial charge in [-0.1, -0.05) is 0 Å². The molecule has 2 aliphatic heterocycles. The minimum absolute atomic E-state index is 0.0151. The van der Waals surface area contributed by atoms with Crippen molar-refractivity contribution in [1.82, 2.24) is 15.1 Å². The number of H-pyrrole nitrogens is 1. The maximum atomic E-state index is 13.3. The summed E-state index contributed by atoms with van der Waals surface area (Å²) in [5.41, 5.74) is 1.70. The molecule has 1 amide bonds. The number of ether oxygens (including phenoxy) is 1. The van der Waals surface area contributed by atoms with E-state index in [9.17, 15) is 9.90 Å². The van der Waals surface area contributed by atoms with Crippen molar-refractivity contribution in [3.8, 4) is 0 Å². The molecule has 25 heavy (non-hydrogen) atoms. The second-order valence-electron chi connectivity index (χ2n) is 7.64. The van der Waals surface area contributed by atoms with E-state index in [2.05, 4.69) is 10.2 Å². The van der Waals surface area contributed by atoms with Crippen molar-refractivity contribution in [2.45, 2.75) is 44.8 Å². The second kappa shape index (κ2) is 6.11. The van der Waals surface area contributed by atoms with Gasteiger partial charge in [-0.2, -0.15) is 5.10 Å². The average Bonchev–Trinajstić information content (AvgIpc) is 3.21. The van der Waals surface area contributed by atoms with Gasteiger partial charge in [0.05, 0.1) is 29.5 Å². The van der Waals surface area contributed by atoms with Crippen LogP contribution in [-0.4, -0.2) is 57.5 Å². The summed E-state index contributed by atoms with van der Waals surface area (Å²) in [5, 5.41) is 18.8. The zero-order chi connectivity index (χ0) is 17.6. The number of aromatic amines is 1. The van der Waals surface area contributed by atoms with Gasteiger partial charge in [-0.15, -0.1) is 0 Å². The molecule has 2 aliphatic rings. The van der Waals surface area contributed by atoms with Crippen molar-refractivity contribution in [2.75, 3.05) is 19.8 Å². The Bertz CT molecular complexity index is 798. The Hall–Kier alpha value is -1.92. The third kappa shape index (κ3) is 2.83. The lowest BCUT2D eigenvalue weighted by atomic mass is 9.79. The van der Waals surface area contributed by atoms with Crippen LogP contribution in [0.15, 0.2) is 18.3 Å². The highest BCUT2D eigenvalue weighted by Gasteiger charge is 2.45. The molecule has 0 bridgehead atoms. The van der Waals surface area contributed by atoms with E-state index in [0.717, 1.165) is 35.9 Å². The van der Waals surface area contributed by atoms with Crippen molar-refractivity contribution in [3.63, 3.8) is 0 Å². The third-order valence-electron chi connectivity index (χ3n) is 5.80. The summed E-state index contributed by atoms with van der Waals surface area (Å²) < 4.78 is 5.63. The Kier molecular flexibility index (Phi) is 4.04. The number of aliphatic hydroxyl groups is 1. The number of hydrogen-bond donors (Lipinski definition) is 2. The Morgan fingerprint density at radius 2 is 2.32 bits per heavy atom. The number of rotatable bonds is 2. The van der Waals surface area contributed by atoms with Gasteiger partial charge in [-0.3, -0.25) is 9.89 Å². The Labute approximate surface area is 147 Å². The molecule has 2 N–H and O–H groups in total. The minimum Gasteiger partial charge on any atom is -0.390 e. The van der Waals surface area contributed by atoms with Gasteiger partial charge in [0.2, 0.25) is 0 Å². The number of carbonyl (C=O) groups excluding carboxylic acids is 1. The Morgan fingerprint density at radius 3 is 3.12 bits per heavy atom. The van der Waals surface area contributed by atoms with Gasteiger partial charge in [-0.25, -0.2) is 0 Å². The van der Waals surface area contributed by atoms with Crippen molar-refractivity contribution >= 4 is 16.8 Å². The molecule has 2 aromatic rings. The third-order valence-corrected chi connectivity index (χ3v) is 5.80. The number of nitrogens with zero attached hydrogens (tertiary/aromatic N) is 2. The zero-order valence-electron chi connectivity index (χ0n) is 14.8. The van der Waals surface area contributed by atoms with E-state index in [1.807, 2.05) is 30.9 Å². The highest BCUT2D eigenvalue weighted by atomic mass is 16.5. The molecule has 134 valence electrons. The first-order chi connectivity index (χ1) is 12.0. The maximum Gasteiger partial charge on any atom is 0.256 e. The molecule has 2 saturated heterocycles. The average molecular weight is 343 g/mol. The molecule has 0 saturated carbocycles. The van der Waals surface area contributed by atoms with Gasteiger partial charge in [0.25, 0.3) is 5.91 Å². The minimum atomic E-state index is -0.790. The number of amides is 1. The molecule has 1 aromatic carbocycles. The summed E-state index contributed by atoms with van der Waals surface area (Å²) in [4.78, 5) is 15.3. The smallest absolute Gasteiger partial charge is 0.256 e. The van der Waals surface area contributed by atoms with Crippen LogP contribution in [0.5, 0.6) is 0 Å². The van der Waals surface area contributed by atoms with Gasteiger partial charge < -0.3 is 14.7 Å². The highest BCUT2D eigenvalue weighted by Crippen LogP contribution is 2.37. The summed E-state index contributed by atoms with van der Waals surface area (Å²) in [6.45, 7) is 5.68. The van der Waals surface area contributed by atoms with E-state index in [0.29, 0.717) is 25.2 Å². The van der Waals surface area contributed by atoms with Gasteiger partial charge in [0.15, 0.2) is 0 Å². The van der Waals surface area contributed by atoms with Gasteiger partial charge >= 0.3 is 0 Å². The molecule has 0 unspecified atom stereocenters. The van der Waals surface area contributed by atoms with Gasteiger partial charge in [0, 0.05) is 30.5 Å². The van der Waals surface area contributed by atoms with Crippen LogP contribution >= 0.6 is 0 Å². The summed E-state index contributed by atoms with van der Waals surface area (Å²) in [6.07, 6.45) is 4.24. The lowest BCUT2D eigenvalue weighted by Crippen LogP contribution is -2.53. The predicted molar refractivity (Wildman–Crippen MR) is 94.4 cm³/mol. The van der Waals surface area contributed by atoms with Crippen LogP contribution in [0.4, 0.5) is 0 Å². The lowest BCUT2D eigenvalue weighted by molar-refractivity contribution is -0.119. The standard InChI is InChI=1S/C19H25N3O3/c1-12-8-13-10-20-21-17(13)14(9-12)18(23)22-6-3-4-16(22)15-11-25-7-5-19(15,2)24/h8-10,15-16,24H,3-7,11H2,1-2H3,(H,20,21)/t15-,16+,19+/m0/s1. The number of likely N-dealkylation sites (tertiary alicyclic amines) is 1. The van der Waals surface area contributed by atoms with Crippen LogP contribution < -0.4 is 0 Å². The number of aromatic nitrogens is 2. The molecule has 3 heterocycles. The number of aryl methyl sites for hydroxylation is 1. The molecule has 0 spiro atoms. The van der Waals surface area contributed by atoms with E-state index in [1.54, 1.807) is 6.20 Å². The van der Waals surface area contributed by atoms with Crippen LogP contribution in [0.3, 0.4) is 0 Å². The monoisotopic (exact) mass is 343 g/mol. The molecule has 2 fully saturated rings. The topological polar surface area (TPSA) is 78.5 Å². The molecule has 3 atom stereocenters. The first-order valence-electron chi connectivity index (χ1n) is 9.02. The maximum absolute atomic E-state index is 13.3. The van der Waals surface area contributed by atoms with Crippen molar-refractivity contribution < 1.29 is 14.6 Å². The van der Waals surface area contributed by atoms with Gasteiger partial charge in [-0.05, 0) is 50.8 Å². The van der Waals surface area contributed by atoms with Crippen LogP contribution in [0.1, 0.15) is 42.1 Å². The first kappa shape index (κ1) is 16.5. The van der Waals surface area contributed by atoms with Crippen LogP contribution in [0, 0.1) is 12.8 Å². The molecule has 4 rings (SSSR count). The van der Waals surface area contributed by atoms with Crippen molar-refractivity contribution in [1.29, 1.82) is 0 Å². The SMILES string of the molecule is Cc1cc(C(=O)N2CCC[C@@H]2[C@@H]2COCC[C@@]2(C)O)c2[nH]ncc2c1. The number of carbonyl (C=O) groups is 1. The number of benzene rings is 1. The summed E-state index contributed by atoms with van der Waals surface area (Å²) in [7, 11) is 0. The molecular weight excluding hydrogens is 318 g/mol. The fourth-order valence-electron chi connectivity index (χ4n) is 4.37. The van der Waals surface area contributed by atoms with Crippen molar-refractivity contribution in [3.05, 3.63) is 29.5 Å². The largest absolute Gasteiger partial charge is 0.390 e. The second-order valence-corrected chi connectivity index (χ2v) is 7.64. The normalized spacial score (nSPS) is 30.1. The van der Waals surface area contributed by atoms with Gasteiger partial charge in [0.1, 0.15) is 0 Å². The highest BCUT2D eigenvalue weighted by molar-refractivity contribution is 6.06. The fourth-order valence-corrected chi connectivity index (χ4v) is 4.37. The fraction of sp³-hybridized carbons (Fsp3) is 0.579. The molecule has 1 aromatic heterocycles. The number of hydrogen-bond acceptors (Lipinski definition) is 4. The molecular formula is C19H25N3O3. The first-order valence-corrected chi connectivity index (χ1v) is 9.02.